The minimum atomic E-state index is 0.0442. The molecule has 4 rings (SSSR count). The average molecular weight is 475 g/mol. The second-order valence-corrected chi connectivity index (χ2v) is 9.82. The molecule has 2 N–H and O–H groups in total. The number of imidazole rings is 1. The summed E-state index contributed by atoms with van der Waals surface area (Å²) in [5.74, 6) is 0.544. The van der Waals surface area contributed by atoms with Gasteiger partial charge in [-0.15, -0.1) is 0 Å². The van der Waals surface area contributed by atoms with Gasteiger partial charge in [-0.1, -0.05) is 56.7 Å². The monoisotopic (exact) mass is 474 g/mol. The minimum absolute atomic E-state index is 0.0442. The number of amides is 1. The maximum Gasteiger partial charge on any atom is 0.241 e. The summed E-state index contributed by atoms with van der Waals surface area (Å²) in [7, 11) is 0. The van der Waals surface area contributed by atoms with E-state index >= 15 is 0 Å². The van der Waals surface area contributed by atoms with Crippen molar-refractivity contribution < 1.29 is 4.79 Å². The second kappa shape index (κ2) is 12.7. The van der Waals surface area contributed by atoms with Crippen LogP contribution >= 0.6 is 0 Å². The number of para-hydroxylation sites is 1. The summed E-state index contributed by atoms with van der Waals surface area (Å²) in [5, 5.41) is 3.16. The van der Waals surface area contributed by atoms with E-state index in [0.717, 1.165) is 49.2 Å². The fourth-order valence-electron chi connectivity index (χ4n) is 4.97. The van der Waals surface area contributed by atoms with Gasteiger partial charge in [-0.25, -0.2) is 4.98 Å². The fraction of sp³-hybridized carbons (Fsp3) is 0.467. The van der Waals surface area contributed by atoms with Crippen LogP contribution in [0.3, 0.4) is 0 Å². The number of aromatic nitrogens is 2. The summed E-state index contributed by atoms with van der Waals surface area (Å²) >= 11 is 0. The van der Waals surface area contributed by atoms with Crippen molar-refractivity contribution >= 4 is 11.6 Å². The highest BCUT2D eigenvalue weighted by atomic mass is 16.2. The molecule has 188 valence electrons. The lowest BCUT2D eigenvalue weighted by Gasteiger charge is -2.34. The smallest absolute Gasteiger partial charge is 0.241 e. The molecule has 0 radical (unpaired) electrons. The third-order valence-electron chi connectivity index (χ3n) is 7.26. The molecular weight excluding hydrogens is 432 g/mol. The van der Waals surface area contributed by atoms with E-state index in [1.165, 1.54) is 28.8 Å². The lowest BCUT2D eigenvalue weighted by Crippen LogP contribution is -2.47. The Hall–Kier alpha value is -2.92. The first-order valence-corrected chi connectivity index (χ1v) is 13.0. The van der Waals surface area contributed by atoms with Crippen LogP contribution in [0.5, 0.6) is 0 Å². The maximum atomic E-state index is 12.6. The first kappa shape index (κ1) is 26.7. The fourth-order valence-corrected chi connectivity index (χ4v) is 4.97. The Balaban J connectivity index is 0.000000203. The lowest BCUT2D eigenvalue weighted by atomic mass is 9.92. The molecule has 35 heavy (non-hydrogen) atoms. The Morgan fingerprint density at radius 1 is 1.09 bits per heavy atom. The van der Waals surface area contributed by atoms with Crippen molar-refractivity contribution in [3.8, 4) is 0 Å². The van der Waals surface area contributed by atoms with Gasteiger partial charge in [0.2, 0.25) is 5.91 Å². The highest BCUT2D eigenvalue weighted by Crippen LogP contribution is 2.26. The number of H-pyrrole nitrogens is 1. The molecule has 1 aromatic heterocycles. The van der Waals surface area contributed by atoms with Gasteiger partial charge in [0.15, 0.2) is 0 Å². The molecule has 5 nitrogen and oxygen atoms in total. The Morgan fingerprint density at radius 3 is 2.43 bits per heavy atom. The third kappa shape index (κ3) is 6.82. The maximum absolute atomic E-state index is 12.6. The molecule has 1 aliphatic rings. The lowest BCUT2D eigenvalue weighted by molar-refractivity contribution is -0.122. The quantitative estimate of drug-likeness (QED) is 0.419. The van der Waals surface area contributed by atoms with E-state index in [-0.39, 0.29) is 11.9 Å². The first-order valence-electron chi connectivity index (χ1n) is 13.0. The molecule has 2 atom stereocenters. The van der Waals surface area contributed by atoms with Crippen molar-refractivity contribution in [2.24, 2.45) is 0 Å². The molecule has 0 unspecified atom stereocenters. The van der Waals surface area contributed by atoms with E-state index in [4.69, 9.17) is 0 Å². The molecule has 2 aromatic carbocycles. The Bertz CT molecular complexity index is 1070. The number of benzene rings is 2. The van der Waals surface area contributed by atoms with Gasteiger partial charge < -0.3 is 10.3 Å². The highest BCUT2D eigenvalue weighted by Gasteiger charge is 2.28. The first-order chi connectivity index (χ1) is 16.8. The van der Waals surface area contributed by atoms with Crippen molar-refractivity contribution in [3.63, 3.8) is 0 Å². The molecule has 0 aliphatic carbocycles. The zero-order chi connectivity index (χ0) is 25.4. The number of hydrogen-bond acceptors (Lipinski definition) is 3. The summed E-state index contributed by atoms with van der Waals surface area (Å²) in [6.07, 6.45) is 8.09. The van der Waals surface area contributed by atoms with E-state index in [1.807, 2.05) is 38.2 Å². The number of likely N-dealkylation sites (tertiary alicyclic amines) is 1. The zero-order valence-electron chi connectivity index (χ0n) is 22.3. The largest absolute Gasteiger partial charge is 0.348 e. The zero-order valence-corrected chi connectivity index (χ0v) is 22.3. The van der Waals surface area contributed by atoms with E-state index in [2.05, 4.69) is 66.1 Å². The Morgan fingerprint density at radius 2 is 1.77 bits per heavy atom. The predicted molar refractivity (Wildman–Crippen MR) is 146 cm³/mol. The molecule has 1 saturated heterocycles. The number of piperidine rings is 1. The van der Waals surface area contributed by atoms with Crippen LogP contribution in [0.1, 0.15) is 79.0 Å². The number of rotatable bonds is 6. The minimum Gasteiger partial charge on any atom is -0.348 e. The number of carbonyl (C=O) groups is 1. The number of aryl methyl sites for hydroxylation is 3. The molecule has 3 aromatic rings. The summed E-state index contributed by atoms with van der Waals surface area (Å²) < 4.78 is 0. The van der Waals surface area contributed by atoms with Crippen molar-refractivity contribution in [2.75, 3.05) is 18.4 Å². The van der Waals surface area contributed by atoms with E-state index < -0.39 is 0 Å². The second-order valence-electron chi connectivity index (χ2n) is 9.82. The van der Waals surface area contributed by atoms with Crippen molar-refractivity contribution in [2.45, 2.75) is 79.2 Å². The molecule has 1 aliphatic heterocycles. The summed E-state index contributed by atoms with van der Waals surface area (Å²) in [6, 6.07) is 12.6. The SMILES string of the molecule is CCCN1CCCC[C@H]1C(=O)Nc1c(C)cccc1C.Cc1cccc([C@H](C)c2cnc[nH]2)c1C. The highest BCUT2D eigenvalue weighted by molar-refractivity contribution is 5.96. The van der Waals surface area contributed by atoms with E-state index in [0.29, 0.717) is 5.92 Å². The van der Waals surface area contributed by atoms with Gasteiger partial charge in [-0.05, 0) is 87.9 Å². The van der Waals surface area contributed by atoms with Crippen LogP contribution in [-0.4, -0.2) is 39.9 Å². The van der Waals surface area contributed by atoms with Crippen molar-refractivity contribution in [3.05, 3.63) is 82.4 Å². The molecule has 1 amide bonds. The Kier molecular flexibility index (Phi) is 9.67. The van der Waals surface area contributed by atoms with Crippen molar-refractivity contribution in [1.82, 2.24) is 14.9 Å². The average Bonchev–Trinajstić information content (AvgIpc) is 3.39. The predicted octanol–water partition coefficient (Wildman–Crippen LogP) is 6.68. The molecular formula is C30H42N4O. The van der Waals surface area contributed by atoms with Gasteiger partial charge in [0, 0.05) is 23.5 Å². The van der Waals surface area contributed by atoms with Crippen LogP contribution in [0.15, 0.2) is 48.9 Å². The molecule has 0 saturated carbocycles. The van der Waals surface area contributed by atoms with Gasteiger partial charge in [-0.2, -0.15) is 0 Å². The number of hydrogen-bond donors (Lipinski definition) is 2. The van der Waals surface area contributed by atoms with Gasteiger partial charge >= 0.3 is 0 Å². The van der Waals surface area contributed by atoms with E-state index in [1.54, 1.807) is 6.33 Å². The van der Waals surface area contributed by atoms with Gasteiger partial charge in [-0.3, -0.25) is 9.69 Å². The summed E-state index contributed by atoms with van der Waals surface area (Å²) in [5.41, 5.74) is 8.52. The van der Waals surface area contributed by atoms with Gasteiger partial charge in [0.05, 0.1) is 12.4 Å². The third-order valence-corrected chi connectivity index (χ3v) is 7.26. The Labute approximate surface area is 211 Å². The molecule has 0 bridgehead atoms. The molecule has 0 spiro atoms. The number of carbonyl (C=O) groups excluding carboxylic acids is 1. The van der Waals surface area contributed by atoms with Crippen LogP contribution in [0, 0.1) is 27.7 Å². The van der Waals surface area contributed by atoms with E-state index in [9.17, 15) is 4.79 Å². The number of nitrogens with one attached hydrogen (secondary N) is 2. The summed E-state index contributed by atoms with van der Waals surface area (Å²) in [6.45, 7) is 14.9. The van der Waals surface area contributed by atoms with Crippen LogP contribution in [0.25, 0.3) is 0 Å². The number of anilines is 1. The van der Waals surface area contributed by atoms with Crippen LogP contribution in [0.2, 0.25) is 0 Å². The van der Waals surface area contributed by atoms with Gasteiger partial charge in [0.25, 0.3) is 0 Å². The topological polar surface area (TPSA) is 61.0 Å². The molecule has 1 fully saturated rings. The van der Waals surface area contributed by atoms with Crippen LogP contribution < -0.4 is 5.32 Å². The van der Waals surface area contributed by atoms with Crippen LogP contribution in [0.4, 0.5) is 5.69 Å². The molecule has 5 heteroatoms. The summed E-state index contributed by atoms with van der Waals surface area (Å²) in [4.78, 5) is 22.2. The van der Waals surface area contributed by atoms with Gasteiger partial charge in [0.1, 0.15) is 0 Å². The van der Waals surface area contributed by atoms with Crippen LogP contribution in [-0.2, 0) is 4.79 Å². The normalized spacial score (nSPS) is 16.8. The standard InChI is InChI=1S/C17H26N2O.C13H16N2/c1-4-11-19-12-6-5-10-15(19)17(20)18-16-13(2)8-7-9-14(16)3;1-9-5-4-6-12(10(9)2)11(3)13-7-14-8-15-13/h7-9,15H,4-6,10-12H2,1-3H3,(H,18,20);4-8,11H,1-3H3,(H,14,15)/t15-;11-/m00/s1. The molecule has 2 heterocycles. The van der Waals surface area contributed by atoms with Crippen molar-refractivity contribution in [1.29, 1.82) is 0 Å². The number of aromatic amines is 1. The number of nitrogens with zero attached hydrogens (tertiary/aromatic N) is 2.